The molecule has 3 fully saturated rings. The van der Waals surface area contributed by atoms with Crippen LogP contribution in [0.15, 0.2) is 65.8 Å². The second-order valence-corrected chi connectivity index (χ2v) is 15.1. The number of hydrogen-bond donors (Lipinski definition) is 1. The quantitative estimate of drug-likeness (QED) is 0.307. The lowest BCUT2D eigenvalue weighted by molar-refractivity contribution is -0.125. The molecule has 0 atom stereocenters. The van der Waals surface area contributed by atoms with E-state index in [1.165, 1.54) is 0 Å². The van der Waals surface area contributed by atoms with Gasteiger partial charge in [0.15, 0.2) is 5.82 Å². The zero-order chi connectivity index (χ0) is 32.3. The fraction of sp³-hybridized carbons (Fsp3) is 0.417. The predicted octanol–water partition coefficient (Wildman–Crippen LogP) is 5.11. The van der Waals surface area contributed by atoms with Gasteiger partial charge in [0, 0.05) is 62.0 Å². The highest BCUT2D eigenvalue weighted by molar-refractivity contribution is 7.92. The second-order valence-electron chi connectivity index (χ2n) is 13.4. The van der Waals surface area contributed by atoms with Gasteiger partial charge in [-0.2, -0.15) is 0 Å². The van der Waals surface area contributed by atoms with Crippen molar-refractivity contribution in [1.82, 2.24) is 14.9 Å². The molecule has 244 valence electrons. The van der Waals surface area contributed by atoms with Gasteiger partial charge in [-0.3, -0.25) is 19.4 Å². The summed E-state index contributed by atoms with van der Waals surface area (Å²) in [6.45, 7) is 6.96. The molecule has 4 aliphatic rings. The Kier molecular flexibility index (Phi) is 7.46. The molecule has 4 aromatic rings. The summed E-state index contributed by atoms with van der Waals surface area (Å²) >= 11 is 0. The van der Waals surface area contributed by atoms with Crippen molar-refractivity contribution in [2.75, 3.05) is 61.0 Å². The van der Waals surface area contributed by atoms with Crippen molar-refractivity contribution in [1.29, 1.82) is 0 Å². The van der Waals surface area contributed by atoms with E-state index in [-0.39, 0.29) is 10.8 Å². The number of aryl methyl sites for hydroxylation is 1. The van der Waals surface area contributed by atoms with E-state index >= 15 is 0 Å². The van der Waals surface area contributed by atoms with Crippen molar-refractivity contribution < 1.29 is 17.9 Å². The molecule has 1 N–H and O–H groups in total. The van der Waals surface area contributed by atoms with E-state index in [1.807, 2.05) is 44.6 Å². The monoisotopic (exact) mass is 652 g/mol. The van der Waals surface area contributed by atoms with E-state index < -0.39 is 15.4 Å². The van der Waals surface area contributed by atoms with Gasteiger partial charge >= 0.3 is 0 Å². The van der Waals surface area contributed by atoms with Crippen LogP contribution in [0.4, 0.5) is 17.2 Å². The Hall–Kier alpha value is -4.06. The van der Waals surface area contributed by atoms with E-state index in [4.69, 9.17) is 14.7 Å². The summed E-state index contributed by atoms with van der Waals surface area (Å²) in [7, 11) is -2.04. The molecule has 5 heterocycles. The minimum absolute atomic E-state index is 0.148. The van der Waals surface area contributed by atoms with Gasteiger partial charge in [0.1, 0.15) is 0 Å². The van der Waals surface area contributed by atoms with Gasteiger partial charge in [-0.05, 0) is 68.5 Å². The number of morpholine rings is 1. The Balaban J connectivity index is 1.17. The summed E-state index contributed by atoms with van der Waals surface area (Å²) in [4.78, 5) is 29.7. The van der Waals surface area contributed by atoms with Crippen LogP contribution in [0.2, 0.25) is 0 Å². The third kappa shape index (κ3) is 5.15. The Morgan fingerprint density at radius 2 is 1.66 bits per heavy atom. The van der Waals surface area contributed by atoms with Gasteiger partial charge in [-0.25, -0.2) is 13.4 Å². The van der Waals surface area contributed by atoms with Gasteiger partial charge in [0.05, 0.1) is 46.6 Å². The average molecular weight is 653 g/mol. The second kappa shape index (κ2) is 11.6. The lowest BCUT2D eigenvalue weighted by Crippen LogP contribution is -2.49. The van der Waals surface area contributed by atoms with Crippen molar-refractivity contribution in [3.8, 4) is 11.1 Å². The molecule has 0 bridgehead atoms. The first-order chi connectivity index (χ1) is 22.7. The van der Waals surface area contributed by atoms with Crippen LogP contribution in [0.1, 0.15) is 43.2 Å². The number of nitrogens with zero attached hydrogens (tertiary/aromatic N) is 5. The molecule has 0 radical (unpaired) electrons. The maximum Gasteiger partial charge on any atom is 0.262 e. The minimum Gasteiger partial charge on any atom is -0.379 e. The van der Waals surface area contributed by atoms with E-state index in [2.05, 4.69) is 20.6 Å². The number of sulfonamides is 1. The largest absolute Gasteiger partial charge is 0.379 e. The zero-order valence-electron chi connectivity index (χ0n) is 26.9. The van der Waals surface area contributed by atoms with Crippen LogP contribution < -0.4 is 14.5 Å². The van der Waals surface area contributed by atoms with Crippen molar-refractivity contribution in [2.24, 2.45) is 0 Å². The number of carbonyl (C=O) groups excluding carboxylic acids is 1. The van der Waals surface area contributed by atoms with Crippen LogP contribution in [0, 0.1) is 6.92 Å². The van der Waals surface area contributed by atoms with Crippen molar-refractivity contribution in [3.63, 3.8) is 0 Å². The van der Waals surface area contributed by atoms with E-state index in [0.29, 0.717) is 17.5 Å². The number of benzene rings is 2. The lowest BCUT2D eigenvalue weighted by Gasteiger charge is -2.40. The maximum atomic E-state index is 13.7. The standard InChI is InChI=1S/C36H40N6O4S/c1-24-4-7-28(8-5-24)47(44,45)39-31-21-26(22-38-34(31)42-14-10-27(11-15-42)41-16-18-46-19-17-41)25-6-9-30-29(20-25)33-32(23-37-30)40(2)35(43)36(33)12-3-13-36/h4-9,20-23,27,39H,3,10-19H2,1-2H3. The highest BCUT2D eigenvalue weighted by Crippen LogP contribution is 2.55. The van der Waals surface area contributed by atoms with Gasteiger partial charge in [0.2, 0.25) is 5.91 Å². The summed E-state index contributed by atoms with van der Waals surface area (Å²) in [5.74, 6) is 0.781. The number of nitrogens with one attached hydrogen (secondary N) is 1. The molecule has 1 spiro atoms. The smallest absolute Gasteiger partial charge is 0.262 e. The van der Waals surface area contributed by atoms with Crippen molar-refractivity contribution in [2.45, 2.75) is 55.4 Å². The van der Waals surface area contributed by atoms with E-state index in [9.17, 15) is 13.2 Å². The van der Waals surface area contributed by atoms with E-state index in [0.717, 1.165) is 110 Å². The number of pyridine rings is 2. The lowest BCUT2D eigenvalue weighted by atomic mass is 9.64. The molecule has 1 aliphatic carbocycles. The van der Waals surface area contributed by atoms with Gasteiger partial charge < -0.3 is 14.5 Å². The first-order valence-electron chi connectivity index (χ1n) is 16.6. The number of fused-ring (bicyclic) bond motifs is 4. The normalized spacial score (nSPS) is 20.1. The molecule has 1 amide bonds. The fourth-order valence-corrected chi connectivity index (χ4v) is 8.95. The molecule has 1 saturated carbocycles. The molecule has 2 aromatic heterocycles. The van der Waals surface area contributed by atoms with Crippen LogP contribution in [0.5, 0.6) is 0 Å². The van der Waals surface area contributed by atoms with Crippen molar-refractivity contribution >= 4 is 44.0 Å². The number of piperidine rings is 1. The Bertz CT molecular complexity index is 1960. The number of likely N-dealkylation sites (N-methyl/N-ethyl adjacent to an activating group) is 1. The van der Waals surface area contributed by atoms with E-state index in [1.54, 1.807) is 29.2 Å². The fourth-order valence-electron chi connectivity index (χ4n) is 7.90. The summed E-state index contributed by atoms with van der Waals surface area (Å²) in [6, 6.07) is 15.3. The summed E-state index contributed by atoms with van der Waals surface area (Å²) in [5, 5.41) is 0.966. The highest BCUT2D eigenvalue weighted by atomic mass is 32.2. The van der Waals surface area contributed by atoms with Gasteiger partial charge in [0.25, 0.3) is 10.0 Å². The van der Waals surface area contributed by atoms with Crippen LogP contribution >= 0.6 is 0 Å². The first kappa shape index (κ1) is 30.3. The SMILES string of the molecule is Cc1ccc(S(=O)(=O)Nc2cc(-c3ccc4ncc5c(c4c3)C3(CCC3)C(=O)N5C)cnc2N2CCC(N3CCOCC3)CC2)cc1. The maximum absolute atomic E-state index is 13.7. The third-order valence-corrected chi connectivity index (χ3v) is 12.1. The topological polar surface area (TPSA) is 108 Å². The molecule has 0 unspecified atom stereocenters. The molecule has 11 heteroatoms. The van der Waals surface area contributed by atoms with Gasteiger partial charge in [-0.1, -0.05) is 30.2 Å². The molecular formula is C36H40N6O4S. The number of anilines is 3. The molecule has 8 rings (SSSR count). The molecule has 2 aromatic carbocycles. The number of ether oxygens (including phenoxy) is 1. The molecular weight excluding hydrogens is 613 g/mol. The number of aromatic nitrogens is 2. The van der Waals surface area contributed by atoms with Crippen LogP contribution in [0.25, 0.3) is 22.0 Å². The van der Waals surface area contributed by atoms with Crippen molar-refractivity contribution in [3.05, 3.63) is 72.1 Å². The highest BCUT2D eigenvalue weighted by Gasteiger charge is 2.54. The predicted molar refractivity (Wildman–Crippen MR) is 184 cm³/mol. The molecule has 2 saturated heterocycles. The molecule has 47 heavy (non-hydrogen) atoms. The molecule has 10 nitrogen and oxygen atoms in total. The Labute approximate surface area is 275 Å². The number of carbonyl (C=O) groups is 1. The Morgan fingerprint density at radius 1 is 0.915 bits per heavy atom. The van der Waals surface area contributed by atoms with Crippen LogP contribution in [0.3, 0.4) is 0 Å². The first-order valence-corrected chi connectivity index (χ1v) is 18.1. The summed E-state index contributed by atoms with van der Waals surface area (Å²) < 4.78 is 35.9. The molecule has 3 aliphatic heterocycles. The number of hydrogen-bond acceptors (Lipinski definition) is 8. The Morgan fingerprint density at radius 3 is 2.36 bits per heavy atom. The van der Waals surface area contributed by atoms with Crippen LogP contribution in [-0.4, -0.2) is 81.7 Å². The number of rotatable bonds is 6. The third-order valence-electron chi connectivity index (χ3n) is 10.7. The summed E-state index contributed by atoms with van der Waals surface area (Å²) in [6.07, 6.45) is 8.32. The minimum atomic E-state index is -3.88. The van der Waals surface area contributed by atoms with Crippen LogP contribution in [-0.2, 0) is 25.0 Å². The zero-order valence-corrected chi connectivity index (χ0v) is 27.7. The summed E-state index contributed by atoms with van der Waals surface area (Å²) in [5.41, 5.74) is 5.43. The van der Waals surface area contributed by atoms with Gasteiger partial charge in [-0.15, -0.1) is 0 Å². The number of amides is 1. The average Bonchev–Trinajstić information content (AvgIpc) is 3.31.